The zero-order valence-electron chi connectivity index (χ0n) is 9.45. The summed E-state index contributed by atoms with van der Waals surface area (Å²) < 4.78 is 5.09. The second-order valence-corrected chi connectivity index (χ2v) is 5.09. The fraction of sp³-hybridized carbons (Fsp3) is 0.615. The van der Waals surface area contributed by atoms with E-state index >= 15 is 0 Å². The largest absolute Gasteiger partial charge is 0.458 e. The van der Waals surface area contributed by atoms with Gasteiger partial charge in [0.05, 0.1) is 0 Å². The van der Waals surface area contributed by atoms with Crippen molar-refractivity contribution >= 4 is 5.97 Å². The number of fused-ring (bicyclic) bond motifs is 1. The van der Waals surface area contributed by atoms with Crippen LogP contribution in [0.1, 0.15) is 26.7 Å². The Morgan fingerprint density at radius 1 is 1.73 bits per heavy atom. The molecule has 0 spiro atoms. The summed E-state index contributed by atoms with van der Waals surface area (Å²) in [7, 11) is 0. The van der Waals surface area contributed by atoms with Crippen LogP contribution in [0.3, 0.4) is 0 Å². The molecule has 3 aliphatic rings. The van der Waals surface area contributed by atoms with Gasteiger partial charge in [0.15, 0.2) is 0 Å². The molecule has 0 saturated heterocycles. The highest BCUT2D eigenvalue weighted by atomic mass is 16.5. The van der Waals surface area contributed by atoms with Crippen LogP contribution in [0, 0.1) is 17.3 Å². The highest BCUT2D eigenvalue weighted by Crippen LogP contribution is 2.59. The summed E-state index contributed by atoms with van der Waals surface area (Å²) in [6, 6.07) is 0. The molecule has 0 radical (unpaired) electrons. The van der Waals surface area contributed by atoms with Gasteiger partial charge in [-0.25, -0.2) is 4.79 Å². The van der Waals surface area contributed by atoms with E-state index in [0.29, 0.717) is 12.5 Å². The minimum atomic E-state index is -0.147. The smallest absolute Gasteiger partial charge is 0.334 e. The molecule has 1 unspecified atom stereocenters. The fourth-order valence-corrected chi connectivity index (χ4v) is 2.80. The Morgan fingerprint density at radius 2 is 2.47 bits per heavy atom. The van der Waals surface area contributed by atoms with E-state index in [1.807, 2.05) is 0 Å². The number of rotatable bonds is 3. The van der Waals surface area contributed by atoms with Crippen molar-refractivity contribution in [2.45, 2.75) is 26.7 Å². The van der Waals surface area contributed by atoms with E-state index in [1.165, 1.54) is 0 Å². The first-order valence-electron chi connectivity index (χ1n) is 5.55. The molecule has 0 aliphatic heterocycles. The molecule has 15 heavy (non-hydrogen) atoms. The lowest BCUT2D eigenvalue weighted by molar-refractivity contribution is -0.141. The molecule has 1 fully saturated rings. The Bertz CT molecular complexity index is 325. The first-order chi connectivity index (χ1) is 7.07. The van der Waals surface area contributed by atoms with Crippen molar-refractivity contribution in [3.05, 3.63) is 24.3 Å². The third-order valence-electron chi connectivity index (χ3n) is 4.04. The maximum Gasteiger partial charge on any atom is 0.334 e. The highest BCUT2D eigenvalue weighted by Gasteiger charge is 2.52. The topological polar surface area (TPSA) is 26.3 Å². The summed E-state index contributed by atoms with van der Waals surface area (Å²) in [6.45, 7) is 8.35. The molecule has 3 aliphatic carbocycles. The first-order valence-corrected chi connectivity index (χ1v) is 5.55. The summed E-state index contributed by atoms with van der Waals surface area (Å²) in [5.41, 5.74) is 1.18. The highest BCUT2D eigenvalue weighted by molar-refractivity contribution is 5.90. The van der Waals surface area contributed by atoms with Gasteiger partial charge in [0.25, 0.3) is 0 Å². The van der Waals surface area contributed by atoms with E-state index < -0.39 is 0 Å². The zero-order chi connectivity index (χ0) is 11.1. The standard InChI is InChI=1S/C13H18O2/c1-4-7-15-12(14)10-6-5-9-8-11(10)13(9,2)3/h4,6,9,11H,1,5,7-8H2,2-3H3/t9-,11?/m0/s1. The first kappa shape index (κ1) is 10.5. The van der Waals surface area contributed by atoms with E-state index in [2.05, 4.69) is 26.5 Å². The van der Waals surface area contributed by atoms with Crippen LogP contribution in [-0.2, 0) is 9.53 Å². The summed E-state index contributed by atoms with van der Waals surface area (Å²) in [5, 5.41) is 0. The molecule has 3 rings (SSSR count). The number of carbonyl (C=O) groups excluding carboxylic acids is 1. The van der Waals surface area contributed by atoms with Crippen molar-refractivity contribution < 1.29 is 9.53 Å². The molecule has 2 bridgehead atoms. The molecule has 0 heterocycles. The molecule has 0 amide bonds. The molecular weight excluding hydrogens is 188 g/mol. The fourth-order valence-electron chi connectivity index (χ4n) is 2.80. The van der Waals surface area contributed by atoms with Crippen molar-refractivity contribution in [1.82, 2.24) is 0 Å². The van der Waals surface area contributed by atoms with Gasteiger partial charge in [-0.2, -0.15) is 0 Å². The maximum absolute atomic E-state index is 11.7. The minimum absolute atomic E-state index is 0.147. The van der Waals surface area contributed by atoms with E-state index in [0.717, 1.165) is 24.3 Å². The normalized spacial score (nSPS) is 31.2. The van der Waals surface area contributed by atoms with Crippen LogP contribution in [0.5, 0.6) is 0 Å². The average Bonchev–Trinajstić information content (AvgIpc) is 2.25. The molecule has 82 valence electrons. The van der Waals surface area contributed by atoms with E-state index in [9.17, 15) is 4.79 Å². The molecule has 0 aromatic heterocycles. The summed E-state index contributed by atoms with van der Waals surface area (Å²) >= 11 is 0. The van der Waals surface area contributed by atoms with Gasteiger partial charge in [-0.1, -0.05) is 32.6 Å². The Balaban J connectivity index is 2.07. The third-order valence-corrected chi connectivity index (χ3v) is 4.04. The molecule has 2 heteroatoms. The van der Waals surface area contributed by atoms with Gasteiger partial charge in [0, 0.05) is 5.57 Å². The number of carbonyl (C=O) groups is 1. The van der Waals surface area contributed by atoms with Gasteiger partial charge in [0.1, 0.15) is 6.61 Å². The van der Waals surface area contributed by atoms with Crippen LogP contribution in [0.4, 0.5) is 0 Å². The Kier molecular flexibility index (Phi) is 2.45. The summed E-state index contributed by atoms with van der Waals surface area (Å²) in [5.74, 6) is 1.03. The van der Waals surface area contributed by atoms with Crippen LogP contribution in [0.2, 0.25) is 0 Å². The molecule has 0 aromatic rings. The number of esters is 1. The van der Waals surface area contributed by atoms with Crippen molar-refractivity contribution in [2.75, 3.05) is 6.61 Å². The van der Waals surface area contributed by atoms with Crippen LogP contribution in [-0.4, -0.2) is 12.6 Å². The van der Waals surface area contributed by atoms with Crippen LogP contribution in [0.15, 0.2) is 24.3 Å². The third kappa shape index (κ3) is 1.52. The summed E-state index contributed by atoms with van der Waals surface area (Å²) in [4.78, 5) is 11.7. The van der Waals surface area contributed by atoms with Crippen LogP contribution >= 0.6 is 0 Å². The van der Waals surface area contributed by atoms with Crippen LogP contribution < -0.4 is 0 Å². The molecule has 2 nitrogen and oxygen atoms in total. The quantitative estimate of drug-likeness (QED) is 0.524. The van der Waals surface area contributed by atoms with Crippen molar-refractivity contribution in [2.24, 2.45) is 17.3 Å². The number of ether oxygens (including phenoxy) is 1. The number of hydrogen-bond donors (Lipinski definition) is 0. The average molecular weight is 206 g/mol. The second-order valence-electron chi connectivity index (χ2n) is 5.09. The maximum atomic E-state index is 11.7. The van der Waals surface area contributed by atoms with Gasteiger partial charge < -0.3 is 4.74 Å². The minimum Gasteiger partial charge on any atom is -0.458 e. The molecule has 2 atom stereocenters. The molecule has 0 N–H and O–H groups in total. The van der Waals surface area contributed by atoms with Crippen molar-refractivity contribution in [3.63, 3.8) is 0 Å². The van der Waals surface area contributed by atoms with E-state index in [4.69, 9.17) is 4.74 Å². The predicted octanol–water partition coefficient (Wildman–Crippen LogP) is 2.71. The number of allylic oxidation sites excluding steroid dienone is 1. The lowest BCUT2D eigenvalue weighted by atomic mass is 9.49. The summed E-state index contributed by atoms with van der Waals surface area (Å²) in [6.07, 6.45) is 5.86. The van der Waals surface area contributed by atoms with Crippen LogP contribution in [0.25, 0.3) is 0 Å². The van der Waals surface area contributed by atoms with Crippen molar-refractivity contribution in [1.29, 1.82) is 0 Å². The van der Waals surface area contributed by atoms with Gasteiger partial charge in [0.2, 0.25) is 0 Å². The zero-order valence-corrected chi connectivity index (χ0v) is 9.45. The SMILES string of the molecule is C=CCOC(=O)C1=CC[C@H]2CC1C2(C)C. The molecule has 0 aromatic carbocycles. The Hall–Kier alpha value is -1.05. The van der Waals surface area contributed by atoms with E-state index in [1.54, 1.807) is 6.08 Å². The Labute approximate surface area is 91.0 Å². The lowest BCUT2D eigenvalue weighted by Gasteiger charge is -2.55. The van der Waals surface area contributed by atoms with E-state index in [-0.39, 0.29) is 11.4 Å². The monoisotopic (exact) mass is 206 g/mol. The molecular formula is C13H18O2. The number of hydrogen-bond acceptors (Lipinski definition) is 2. The molecule has 1 saturated carbocycles. The lowest BCUT2D eigenvalue weighted by Crippen LogP contribution is -2.49. The van der Waals surface area contributed by atoms with Gasteiger partial charge in [-0.15, -0.1) is 0 Å². The van der Waals surface area contributed by atoms with Gasteiger partial charge in [-0.3, -0.25) is 0 Å². The van der Waals surface area contributed by atoms with Crippen molar-refractivity contribution in [3.8, 4) is 0 Å². The Morgan fingerprint density at radius 3 is 3.00 bits per heavy atom. The van der Waals surface area contributed by atoms with Gasteiger partial charge >= 0.3 is 5.97 Å². The van der Waals surface area contributed by atoms with Gasteiger partial charge in [-0.05, 0) is 30.1 Å². The predicted molar refractivity (Wildman–Crippen MR) is 59.2 cm³/mol. The second kappa shape index (κ2) is 3.51.